The second kappa shape index (κ2) is 10.1. The zero-order chi connectivity index (χ0) is 18.9. The molecule has 0 radical (unpaired) electrons. The molecule has 2 aromatic carbocycles. The molecular weight excluding hydrogens is 330 g/mol. The van der Waals surface area contributed by atoms with Crippen LogP contribution in [0, 0.1) is 22.7 Å². The van der Waals surface area contributed by atoms with Crippen molar-refractivity contribution in [1.82, 2.24) is 0 Å². The van der Waals surface area contributed by atoms with E-state index in [4.69, 9.17) is 0 Å². The average molecular weight is 360 g/mol. The van der Waals surface area contributed by atoms with Crippen LogP contribution < -0.4 is 0 Å². The van der Waals surface area contributed by atoms with E-state index in [-0.39, 0.29) is 0 Å². The van der Waals surface area contributed by atoms with Gasteiger partial charge in [0.25, 0.3) is 0 Å². The van der Waals surface area contributed by atoms with Crippen LogP contribution in [0.3, 0.4) is 0 Å². The molecule has 3 rings (SSSR count). The summed E-state index contributed by atoms with van der Waals surface area (Å²) < 4.78 is 0. The zero-order valence-corrected chi connectivity index (χ0v) is 16.3. The van der Waals surface area contributed by atoms with Gasteiger partial charge in [-0.2, -0.15) is 0 Å². The lowest BCUT2D eigenvalue weighted by Crippen LogP contribution is -2.13. The number of hydrogen-bond donors (Lipinski definition) is 0. The summed E-state index contributed by atoms with van der Waals surface area (Å²) in [5, 5.41) is 2.91. The quantitative estimate of drug-likeness (QED) is 0.301. The van der Waals surface area contributed by atoms with Crippen LogP contribution in [-0.2, 0) is 0 Å². The highest BCUT2D eigenvalue weighted by Crippen LogP contribution is 2.37. The van der Waals surface area contributed by atoms with Crippen molar-refractivity contribution in [2.75, 3.05) is 0 Å². The van der Waals surface area contributed by atoms with Crippen molar-refractivity contribution in [3.63, 3.8) is 0 Å². The van der Waals surface area contributed by atoms with Crippen LogP contribution in [0.15, 0.2) is 53.7 Å². The standard InChI is InChI=1S/C25H29NO/c1-2-3-4-5-20-8-14-23(15-9-20)24-16-10-21(11-17-24)6-7-22-12-18-25(26-27)19-13-22/h10-13,16-20,23H,2-5,8-9,14-15H2,1H3. The maximum absolute atomic E-state index is 10.5. The smallest absolute Gasteiger partial charge is 0.108 e. The van der Waals surface area contributed by atoms with E-state index in [1.165, 1.54) is 56.9 Å². The molecule has 0 bridgehead atoms. The van der Waals surface area contributed by atoms with Gasteiger partial charge in [0.15, 0.2) is 0 Å². The molecule has 1 aliphatic carbocycles. The number of unbranched alkanes of at least 4 members (excludes halogenated alkanes) is 2. The molecule has 1 fully saturated rings. The molecular formula is C25H29NO. The summed E-state index contributed by atoms with van der Waals surface area (Å²) in [6.45, 7) is 2.28. The Morgan fingerprint density at radius 3 is 2.00 bits per heavy atom. The van der Waals surface area contributed by atoms with E-state index in [2.05, 4.69) is 48.2 Å². The molecule has 0 saturated heterocycles. The van der Waals surface area contributed by atoms with Gasteiger partial charge in [-0.25, -0.2) is 0 Å². The van der Waals surface area contributed by atoms with Gasteiger partial charge in [0.2, 0.25) is 0 Å². The monoisotopic (exact) mass is 359 g/mol. The topological polar surface area (TPSA) is 29.4 Å². The van der Waals surface area contributed by atoms with Crippen LogP contribution in [0.1, 0.15) is 80.9 Å². The fourth-order valence-corrected chi connectivity index (χ4v) is 4.06. The number of rotatable bonds is 6. The molecule has 0 spiro atoms. The second-order valence-electron chi connectivity index (χ2n) is 7.72. The van der Waals surface area contributed by atoms with E-state index in [1.807, 2.05) is 12.1 Å². The Morgan fingerprint density at radius 1 is 0.852 bits per heavy atom. The number of benzene rings is 2. The molecule has 0 aromatic heterocycles. The van der Waals surface area contributed by atoms with Gasteiger partial charge in [-0.05, 0) is 84.7 Å². The van der Waals surface area contributed by atoms with Gasteiger partial charge in [0.05, 0.1) is 0 Å². The highest BCUT2D eigenvalue weighted by molar-refractivity contribution is 5.47. The van der Waals surface area contributed by atoms with E-state index >= 15 is 0 Å². The van der Waals surface area contributed by atoms with E-state index in [0.717, 1.165) is 23.0 Å². The first-order valence-electron chi connectivity index (χ1n) is 10.3. The Balaban J connectivity index is 1.53. The Hall–Kier alpha value is -2.40. The Labute approximate surface area is 163 Å². The third kappa shape index (κ3) is 5.79. The lowest BCUT2D eigenvalue weighted by atomic mass is 9.77. The summed E-state index contributed by atoms with van der Waals surface area (Å²) in [4.78, 5) is 10.5. The highest BCUT2D eigenvalue weighted by Gasteiger charge is 2.21. The van der Waals surface area contributed by atoms with E-state index in [0.29, 0.717) is 5.69 Å². The van der Waals surface area contributed by atoms with Crippen LogP contribution >= 0.6 is 0 Å². The minimum atomic E-state index is 0.435. The minimum absolute atomic E-state index is 0.435. The lowest BCUT2D eigenvalue weighted by Gasteiger charge is -2.29. The molecule has 0 unspecified atom stereocenters. The number of nitroso groups, excluding NO2 is 1. The Kier molecular flexibility index (Phi) is 7.22. The molecule has 2 heteroatoms. The van der Waals surface area contributed by atoms with Crippen molar-refractivity contribution in [1.29, 1.82) is 0 Å². The maximum atomic E-state index is 10.5. The third-order valence-electron chi connectivity index (χ3n) is 5.77. The zero-order valence-electron chi connectivity index (χ0n) is 16.3. The van der Waals surface area contributed by atoms with Crippen LogP contribution in [0.25, 0.3) is 0 Å². The minimum Gasteiger partial charge on any atom is -0.145 e. The van der Waals surface area contributed by atoms with Gasteiger partial charge in [-0.3, -0.25) is 0 Å². The summed E-state index contributed by atoms with van der Waals surface area (Å²) in [7, 11) is 0. The van der Waals surface area contributed by atoms with Crippen molar-refractivity contribution >= 4 is 5.69 Å². The van der Waals surface area contributed by atoms with Crippen molar-refractivity contribution in [2.45, 2.75) is 64.2 Å². The SMILES string of the molecule is CCCCCC1CCC(c2ccc(C#Cc3ccc(N=O)cc3)cc2)CC1. The predicted octanol–water partition coefficient (Wildman–Crippen LogP) is 7.34. The molecule has 0 aliphatic heterocycles. The van der Waals surface area contributed by atoms with E-state index in [9.17, 15) is 4.91 Å². The van der Waals surface area contributed by atoms with Crippen LogP contribution in [0.4, 0.5) is 5.69 Å². The largest absolute Gasteiger partial charge is 0.145 e. The van der Waals surface area contributed by atoms with Gasteiger partial charge < -0.3 is 0 Å². The van der Waals surface area contributed by atoms with Gasteiger partial charge in [-0.1, -0.05) is 56.6 Å². The van der Waals surface area contributed by atoms with Crippen LogP contribution in [0.5, 0.6) is 0 Å². The van der Waals surface area contributed by atoms with Crippen molar-refractivity contribution in [3.8, 4) is 11.8 Å². The number of hydrogen-bond acceptors (Lipinski definition) is 2. The first-order chi connectivity index (χ1) is 13.3. The van der Waals surface area contributed by atoms with Crippen molar-refractivity contribution in [3.05, 3.63) is 70.1 Å². The van der Waals surface area contributed by atoms with E-state index < -0.39 is 0 Å². The van der Waals surface area contributed by atoms with E-state index in [1.54, 1.807) is 12.1 Å². The number of nitrogens with zero attached hydrogens (tertiary/aromatic N) is 1. The summed E-state index contributed by atoms with van der Waals surface area (Å²) in [5.41, 5.74) is 3.83. The Bertz CT molecular complexity index is 772. The molecule has 27 heavy (non-hydrogen) atoms. The molecule has 1 saturated carbocycles. The van der Waals surface area contributed by atoms with Gasteiger partial charge in [0, 0.05) is 11.1 Å². The molecule has 2 aromatic rings. The Morgan fingerprint density at radius 2 is 1.44 bits per heavy atom. The lowest BCUT2D eigenvalue weighted by molar-refractivity contribution is 0.303. The summed E-state index contributed by atoms with van der Waals surface area (Å²) in [6, 6.07) is 15.8. The average Bonchev–Trinajstić information content (AvgIpc) is 2.74. The fourth-order valence-electron chi connectivity index (χ4n) is 4.06. The van der Waals surface area contributed by atoms with Crippen LogP contribution in [-0.4, -0.2) is 0 Å². The third-order valence-corrected chi connectivity index (χ3v) is 5.77. The highest BCUT2D eigenvalue weighted by atomic mass is 16.3. The molecule has 0 heterocycles. The first-order valence-corrected chi connectivity index (χ1v) is 10.3. The second-order valence-corrected chi connectivity index (χ2v) is 7.72. The van der Waals surface area contributed by atoms with Crippen molar-refractivity contribution in [2.24, 2.45) is 11.1 Å². The maximum Gasteiger partial charge on any atom is 0.108 e. The summed E-state index contributed by atoms with van der Waals surface area (Å²) in [6.07, 6.45) is 11.0. The summed E-state index contributed by atoms with van der Waals surface area (Å²) in [5.74, 6) is 8.03. The normalized spacial score (nSPS) is 19.1. The summed E-state index contributed by atoms with van der Waals surface area (Å²) >= 11 is 0. The van der Waals surface area contributed by atoms with Crippen molar-refractivity contribution < 1.29 is 0 Å². The molecule has 0 atom stereocenters. The fraction of sp³-hybridized carbons (Fsp3) is 0.440. The molecule has 0 N–H and O–H groups in total. The molecule has 2 nitrogen and oxygen atoms in total. The van der Waals surface area contributed by atoms with Gasteiger partial charge in [0.1, 0.15) is 5.69 Å². The first kappa shape index (κ1) is 19.4. The van der Waals surface area contributed by atoms with Crippen LogP contribution in [0.2, 0.25) is 0 Å². The molecule has 0 amide bonds. The van der Waals surface area contributed by atoms with Gasteiger partial charge >= 0.3 is 0 Å². The van der Waals surface area contributed by atoms with Gasteiger partial charge in [-0.15, -0.1) is 4.91 Å². The molecule has 1 aliphatic rings. The molecule has 140 valence electrons. The predicted molar refractivity (Wildman–Crippen MR) is 113 cm³/mol.